The number of benzene rings is 1. The average Bonchev–Trinajstić information content (AvgIpc) is 2.26. The second kappa shape index (κ2) is 5.83. The molecule has 0 spiro atoms. The van der Waals surface area contributed by atoms with E-state index in [9.17, 15) is 4.79 Å². The molecule has 0 saturated heterocycles. The molecule has 0 fully saturated rings. The Morgan fingerprint density at radius 2 is 2.33 bits per heavy atom. The lowest BCUT2D eigenvalue weighted by atomic mass is 10.2. The van der Waals surface area contributed by atoms with Gasteiger partial charge in [0, 0.05) is 16.2 Å². The molecule has 0 aliphatic rings. The molecule has 0 atom stereocenters. The Morgan fingerprint density at radius 1 is 1.60 bits per heavy atom. The number of carbonyl (C=O) groups is 1. The third-order valence-electron chi connectivity index (χ3n) is 1.73. The second-order valence-corrected chi connectivity index (χ2v) is 4.34. The zero-order valence-corrected chi connectivity index (χ0v) is 9.81. The molecule has 0 heterocycles. The molecule has 0 aromatic heterocycles. The summed E-state index contributed by atoms with van der Waals surface area (Å²) in [5, 5.41) is 8.79. The van der Waals surface area contributed by atoms with E-state index in [0.717, 1.165) is 16.2 Å². The van der Waals surface area contributed by atoms with Crippen molar-refractivity contribution in [2.45, 2.75) is 11.8 Å². The molecule has 15 heavy (non-hydrogen) atoms. The summed E-state index contributed by atoms with van der Waals surface area (Å²) < 4.78 is 0. The van der Waals surface area contributed by atoms with Crippen molar-refractivity contribution in [1.82, 2.24) is 0 Å². The molecule has 2 nitrogen and oxygen atoms in total. The van der Waals surface area contributed by atoms with E-state index in [4.69, 9.17) is 16.7 Å². The lowest BCUT2D eigenvalue weighted by Crippen LogP contribution is -1.95. The highest BCUT2D eigenvalue weighted by atomic mass is 35.5. The predicted molar refractivity (Wildman–Crippen MR) is 63.7 cm³/mol. The third-order valence-corrected chi connectivity index (χ3v) is 3.29. The number of hydrogen-bond acceptors (Lipinski definition) is 2. The van der Waals surface area contributed by atoms with Gasteiger partial charge >= 0.3 is 5.97 Å². The quantitative estimate of drug-likeness (QED) is 0.820. The van der Waals surface area contributed by atoms with Gasteiger partial charge in [0.15, 0.2) is 0 Å². The Morgan fingerprint density at radius 3 is 2.93 bits per heavy atom. The van der Waals surface area contributed by atoms with E-state index >= 15 is 0 Å². The van der Waals surface area contributed by atoms with Crippen molar-refractivity contribution >= 4 is 29.3 Å². The molecule has 4 heteroatoms. The van der Waals surface area contributed by atoms with E-state index in [0.29, 0.717) is 5.56 Å². The molecule has 1 N–H and O–H groups in total. The minimum Gasteiger partial charge on any atom is -0.478 e. The van der Waals surface area contributed by atoms with E-state index < -0.39 is 5.97 Å². The van der Waals surface area contributed by atoms with Crippen molar-refractivity contribution in [3.8, 4) is 0 Å². The first kappa shape index (κ1) is 12.1. The van der Waals surface area contributed by atoms with Gasteiger partial charge in [0.2, 0.25) is 0 Å². The molecule has 0 radical (unpaired) electrons. The molecular weight excluding hydrogens is 232 g/mol. The first-order valence-electron chi connectivity index (χ1n) is 4.35. The first-order chi connectivity index (χ1) is 7.13. The highest BCUT2D eigenvalue weighted by Crippen LogP contribution is 2.21. The first-order valence-corrected chi connectivity index (χ1v) is 5.77. The SMILES string of the molecule is C/C(=C/Cl)CSc1cccc(C(=O)O)c1. The van der Waals surface area contributed by atoms with Crippen LogP contribution in [0.4, 0.5) is 0 Å². The number of thioether (sulfide) groups is 1. The fourth-order valence-corrected chi connectivity index (χ4v) is 1.98. The van der Waals surface area contributed by atoms with Gasteiger partial charge in [-0.2, -0.15) is 0 Å². The average molecular weight is 243 g/mol. The van der Waals surface area contributed by atoms with Gasteiger partial charge in [0.25, 0.3) is 0 Å². The lowest BCUT2D eigenvalue weighted by Gasteiger charge is -2.02. The van der Waals surface area contributed by atoms with E-state index in [1.807, 2.05) is 13.0 Å². The smallest absolute Gasteiger partial charge is 0.335 e. The summed E-state index contributed by atoms with van der Waals surface area (Å²) in [5.41, 5.74) is 2.91. The van der Waals surface area contributed by atoms with Gasteiger partial charge in [-0.05, 0) is 25.1 Å². The Labute approximate surface area is 97.9 Å². The van der Waals surface area contributed by atoms with Gasteiger partial charge in [0.1, 0.15) is 0 Å². The Hall–Kier alpha value is -0.930. The van der Waals surface area contributed by atoms with Crippen LogP contribution < -0.4 is 0 Å². The minimum absolute atomic E-state index is 0.313. The maximum Gasteiger partial charge on any atom is 0.335 e. The van der Waals surface area contributed by atoms with Crippen LogP contribution in [0.3, 0.4) is 0 Å². The minimum atomic E-state index is -0.901. The van der Waals surface area contributed by atoms with Crippen molar-refractivity contribution < 1.29 is 9.90 Å². The van der Waals surface area contributed by atoms with E-state index in [1.165, 1.54) is 5.54 Å². The molecule has 1 rings (SSSR count). The van der Waals surface area contributed by atoms with Crippen molar-refractivity contribution in [2.75, 3.05) is 5.75 Å². The third kappa shape index (κ3) is 3.98. The van der Waals surface area contributed by atoms with Gasteiger partial charge in [-0.3, -0.25) is 0 Å². The van der Waals surface area contributed by atoms with Crippen molar-refractivity contribution in [2.24, 2.45) is 0 Å². The van der Waals surface area contributed by atoms with Gasteiger partial charge in [-0.25, -0.2) is 4.79 Å². The number of carboxylic acids is 1. The van der Waals surface area contributed by atoms with E-state index in [2.05, 4.69) is 0 Å². The van der Waals surface area contributed by atoms with Crippen LogP contribution in [0.25, 0.3) is 0 Å². The van der Waals surface area contributed by atoms with Crippen molar-refractivity contribution in [3.63, 3.8) is 0 Å². The van der Waals surface area contributed by atoms with Crippen LogP contribution in [0.15, 0.2) is 40.3 Å². The summed E-state index contributed by atoms with van der Waals surface area (Å²) in [6.45, 7) is 1.93. The topological polar surface area (TPSA) is 37.3 Å². The van der Waals surface area contributed by atoms with Crippen LogP contribution >= 0.6 is 23.4 Å². The Balaban J connectivity index is 2.70. The van der Waals surface area contributed by atoms with Crippen LogP contribution in [0.2, 0.25) is 0 Å². The second-order valence-electron chi connectivity index (χ2n) is 3.08. The number of hydrogen-bond donors (Lipinski definition) is 1. The molecule has 80 valence electrons. The fraction of sp³-hybridized carbons (Fsp3) is 0.182. The normalized spacial score (nSPS) is 11.5. The number of rotatable bonds is 4. The van der Waals surface area contributed by atoms with Crippen LogP contribution in [0.1, 0.15) is 17.3 Å². The molecule has 0 saturated carbocycles. The molecule has 0 aliphatic heterocycles. The monoisotopic (exact) mass is 242 g/mol. The molecule has 1 aromatic carbocycles. The van der Waals surface area contributed by atoms with Gasteiger partial charge in [-0.15, -0.1) is 11.8 Å². The van der Waals surface area contributed by atoms with E-state index in [1.54, 1.807) is 30.0 Å². The summed E-state index contributed by atoms with van der Waals surface area (Å²) in [5.74, 6) is -0.130. The molecule has 0 amide bonds. The summed E-state index contributed by atoms with van der Waals surface area (Å²) in [6.07, 6.45) is 0. The Kier molecular flexibility index (Phi) is 4.72. The van der Waals surface area contributed by atoms with Gasteiger partial charge < -0.3 is 5.11 Å². The summed E-state index contributed by atoms with van der Waals surface area (Å²) >= 11 is 7.10. The maximum absolute atomic E-state index is 10.7. The molecule has 1 aromatic rings. The number of halogens is 1. The van der Waals surface area contributed by atoms with Gasteiger partial charge in [-0.1, -0.05) is 23.2 Å². The highest BCUT2D eigenvalue weighted by molar-refractivity contribution is 7.99. The lowest BCUT2D eigenvalue weighted by molar-refractivity contribution is 0.0696. The maximum atomic E-state index is 10.7. The highest BCUT2D eigenvalue weighted by Gasteiger charge is 2.03. The molecule has 0 aliphatic carbocycles. The number of aromatic carboxylic acids is 1. The molecule has 0 bridgehead atoms. The van der Waals surface area contributed by atoms with Crippen LogP contribution in [0, 0.1) is 0 Å². The predicted octanol–water partition coefficient (Wildman–Crippen LogP) is 3.62. The van der Waals surface area contributed by atoms with Crippen molar-refractivity contribution in [1.29, 1.82) is 0 Å². The van der Waals surface area contributed by atoms with Crippen LogP contribution in [0.5, 0.6) is 0 Å². The zero-order valence-electron chi connectivity index (χ0n) is 8.24. The van der Waals surface area contributed by atoms with Crippen LogP contribution in [-0.2, 0) is 0 Å². The zero-order chi connectivity index (χ0) is 11.3. The summed E-state index contributed by atoms with van der Waals surface area (Å²) in [4.78, 5) is 11.6. The summed E-state index contributed by atoms with van der Waals surface area (Å²) in [6, 6.07) is 6.87. The largest absolute Gasteiger partial charge is 0.478 e. The molecule has 0 unspecified atom stereocenters. The van der Waals surface area contributed by atoms with Crippen LogP contribution in [-0.4, -0.2) is 16.8 Å². The Bertz CT molecular complexity index is 388. The fourth-order valence-electron chi connectivity index (χ4n) is 0.948. The van der Waals surface area contributed by atoms with E-state index in [-0.39, 0.29) is 0 Å². The molecular formula is C11H11ClO2S. The van der Waals surface area contributed by atoms with Crippen molar-refractivity contribution in [3.05, 3.63) is 40.9 Å². The number of carboxylic acid groups (broad SMARTS) is 1. The summed E-state index contributed by atoms with van der Waals surface area (Å²) in [7, 11) is 0. The van der Waals surface area contributed by atoms with Gasteiger partial charge in [0.05, 0.1) is 5.56 Å². The standard InChI is InChI=1S/C11H11ClO2S/c1-8(6-12)7-15-10-4-2-3-9(5-10)11(13)14/h2-6H,7H2,1H3,(H,13,14)/b8-6-.